The van der Waals surface area contributed by atoms with Crippen molar-refractivity contribution in [1.82, 2.24) is 0 Å². The van der Waals surface area contributed by atoms with Crippen LogP contribution in [0.5, 0.6) is 0 Å². The van der Waals surface area contributed by atoms with Crippen LogP contribution in [0.25, 0.3) is 0 Å². The molecule has 0 saturated carbocycles. The van der Waals surface area contributed by atoms with Gasteiger partial charge in [-0.3, -0.25) is 0 Å². The predicted molar refractivity (Wildman–Crippen MR) is 44.2 cm³/mol. The zero-order valence-electron chi connectivity index (χ0n) is 7.32. The molecule has 0 aliphatic carbocycles. The molecule has 0 saturated heterocycles. The van der Waals surface area contributed by atoms with Gasteiger partial charge in [0, 0.05) is 7.11 Å². The summed E-state index contributed by atoms with van der Waals surface area (Å²) in [6, 6.07) is 0. The summed E-state index contributed by atoms with van der Waals surface area (Å²) < 4.78 is 14.9. The van der Waals surface area contributed by atoms with E-state index < -0.39 is 0 Å². The number of methoxy groups -OCH3 is 1. The molecule has 0 unspecified atom stereocenters. The van der Waals surface area contributed by atoms with Crippen LogP contribution in [-0.2, 0) is 14.2 Å². The monoisotopic (exact) mass is 177 g/mol. The summed E-state index contributed by atoms with van der Waals surface area (Å²) in [7, 11) is 1.62. The van der Waals surface area contributed by atoms with Crippen LogP contribution in [0, 0.1) is 4.91 Å². The van der Waals surface area contributed by atoms with Gasteiger partial charge in [-0.1, -0.05) is 5.18 Å². The van der Waals surface area contributed by atoms with Gasteiger partial charge in [-0.2, -0.15) is 4.91 Å². The summed E-state index contributed by atoms with van der Waals surface area (Å²) in [4.78, 5) is 9.60. The molecule has 0 amide bonds. The number of ether oxygens (including phenoxy) is 3. The van der Waals surface area contributed by atoms with E-state index in [-0.39, 0.29) is 6.54 Å². The molecule has 0 spiro atoms. The van der Waals surface area contributed by atoms with E-state index in [0.717, 1.165) is 0 Å². The average molecular weight is 177 g/mol. The minimum Gasteiger partial charge on any atom is -0.382 e. The van der Waals surface area contributed by atoms with Crippen molar-refractivity contribution in [2.45, 2.75) is 0 Å². The molecule has 5 nitrogen and oxygen atoms in total. The van der Waals surface area contributed by atoms with Gasteiger partial charge in [0.05, 0.1) is 33.0 Å². The summed E-state index contributed by atoms with van der Waals surface area (Å²) >= 11 is 0. The van der Waals surface area contributed by atoms with Crippen LogP contribution >= 0.6 is 0 Å². The van der Waals surface area contributed by atoms with Crippen molar-refractivity contribution in [2.75, 3.05) is 46.7 Å². The predicted octanol–water partition coefficient (Wildman–Crippen LogP) is 0.432. The fourth-order valence-electron chi connectivity index (χ4n) is 0.566. The maximum Gasteiger partial charge on any atom is 0.104 e. The molecule has 0 radical (unpaired) electrons. The van der Waals surface area contributed by atoms with Crippen molar-refractivity contribution in [3.63, 3.8) is 0 Å². The third-order valence-electron chi connectivity index (χ3n) is 1.13. The van der Waals surface area contributed by atoms with Crippen molar-refractivity contribution < 1.29 is 14.2 Å². The molecule has 5 heteroatoms. The minimum atomic E-state index is 0.206. The molecular formula is C7H15NO4. The largest absolute Gasteiger partial charge is 0.382 e. The molecule has 0 fully saturated rings. The Bertz CT molecular complexity index is 99.4. The van der Waals surface area contributed by atoms with E-state index >= 15 is 0 Å². The van der Waals surface area contributed by atoms with Crippen molar-refractivity contribution in [1.29, 1.82) is 0 Å². The van der Waals surface area contributed by atoms with Crippen LogP contribution in [0.4, 0.5) is 0 Å². The van der Waals surface area contributed by atoms with E-state index in [0.29, 0.717) is 33.0 Å². The molecule has 0 aliphatic heterocycles. The third kappa shape index (κ3) is 9.48. The zero-order valence-corrected chi connectivity index (χ0v) is 7.32. The van der Waals surface area contributed by atoms with Crippen LogP contribution < -0.4 is 0 Å². The summed E-state index contributed by atoms with van der Waals surface area (Å²) in [5.74, 6) is 0. The lowest BCUT2D eigenvalue weighted by Crippen LogP contribution is -2.09. The quantitative estimate of drug-likeness (QED) is 0.378. The molecule has 0 aromatic rings. The Kier molecular flexibility index (Phi) is 10.0. The highest BCUT2D eigenvalue weighted by molar-refractivity contribution is 4.37. The van der Waals surface area contributed by atoms with Gasteiger partial charge in [0.15, 0.2) is 0 Å². The molecule has 0 aromatic heterocycles. The molecule has 0 aromatic carbocycles. The van der Waals surface area contributed by atoms with E-state index in [2.05, 4.69) is 5.18 Å². The number of hydrogen-bond acceptors (Lipinski definition) is 5. The minimum absolute atomic E-state index is 0.206. The van der Waals surface area contributed by atoms with Crippen LogP contribution in [0.1, 0.15) is 0 Å². The second kappa shape index (κ2) is 10.5. The first kappa shape index (κ1) is 11.5. The third-order valence-corrected chi connectivity index (χ3v) is 1.13. The molecule has 0 heterocycles. The highest BCUT2D eigenvalue weighted by atomic mass is 16.5. The Morgan fingerprint density at radius 2 is 1.58 bits per heavy atom. The molecule has 12 heavy (non-hydrogen) atoms. The van der Waals surface area contributed by atoms with Gasteiger partial charge in [-0.05, 0) is 0 Å². The van der Waals surface area contributed by atoms with Crippen molar-refractivity contribution in [2.24, 2.45) is 5.18 Å². The average Bonchev–Trinajstić information content (AvgIpc) is 2.10. The summed E-state index contributed by atoms with van der Waals surface area (Å²) in [6.45, 7) is 2.78. The molecule has 0 rings (SSSR count). The first-order valence-corrected chi connectivity index (χ1v) is 3.85. The lowest BCUT2D eigenvalue weighted by atomic mass is 10.7. The second-order valence-electron chi connectivity index (χ2n) is 2.07. The van der Waals surface area contributed by atoms with E-state index in [9.17, 15) is 4.91 Å². The Morgan fingerprint density at radius 3 is 2.17 bits per heavy atom. The van der Waals surface area contributed by atoms with Gasteiger partial charge in [-0.15, -0.1) is 0 Å². The zero-order chi connectivity index (χ0) is 9.07. The fraction of sp³-hybridized carbons (Fsp3) is 1.00. The summed E-state index contributed by atoms with van der Waals surface area (Å²) in [5, 5.41) is 2.65. The molecule has 0 N–H and O–H groups in total. The van der Waals surface area contributed by atoms with Gasteiger partial charge in [-0.25, -0.2) is 0 Å². The number of hydrogen-bond donors (Lipinski definition) is 0. The van der Waals surface area contributed by atoms with Gasteiger partial charge in [0.25, 0.3) is 0 Å². The Hall–Kier alpha value is -0.520. The highest BCUT2D eigenvalue weighted by Gasteiger charge is 1.89. The fourth-order valence-corrected chi connectivity index (χ4v) is 0.566. The second-order valence-corrected chi connectivity index (χ2v) is 2.07. The molecule has 72 valence electrons. The molecule has 0 bridgehead atoms. The molecular weight excluding hydrogens is 162 g/mol. The van der Waals surface area contributed by atoms with E-state index in [1.807, 2.05) is 0 Å². The highest BCUT2D eigenvalue weighted by Crippen LogP contribution is 1.79. The first-order chi connectivity index (χ1) is 5.91. The molecule has 0 atom stereocenters. The van der Waals surface area contributed by atoms with Crippen molar-refractivity contribution >= 4 is 0 Å². The van der Waals surface area contributed by atoms with E-state index in [4.69, 9.17) is 14.2 Å². The van der Waals surface area contributed by atoms with Gasteiger partial charge < -0.3 is 14.2 Å². The van der Waals surface area contributed by atoms with Crippen molar-refractivity contribution in [3.8, 4) is 0 Å². The van der Waals surface area contributed by atoms with Crippen LogP contribution in [0.15, 0.2) is 5.18 Å². The van der Waals surface area contributed by atoms with Crippen LogP contribution in [0.3, 0.4) is 0 Å². The Balaban J connectivity index is 2.77. The topological polar surface area (TPSA) is 57.1 Å². The smallest absolute Gasteiger partial charge is 0.104 e. The maximum atomic E-state index is 9.60. The van der Waals surface area contributed by atoms with Gasteiger partial charge in [0.1, 0.15) is 6.54 Å². The van der Waals surface area contributed by atoms with Crippen molar-refractivity contribution in [3.05, 3.63) is 4.91 Å². The van der Waals surface area contributed by atoms with Gasteiger partial charge >= 0.3 is 0 Å². The standard InChI is InChI=1S/C7H15NO4/c1-10-4-5-12-7-6-11-3-2-8-9/h2-7H2,1H3. The van der Waals surface area contributed by atoms with Gasteiger partial charge in [0.2, 0.25) is 0 Å². The summed E-state index contributed by atoms with van der Waals surface area (Å²) in [5.41, 5.74) is 0. The number of rotatable bonds is 9. The summed E-state index contributed by atoms with van der Waals surface area (Å²) in [6.07, 6.45) is 0. The van der Waals surface area contributed by atoms with Crippen LogP contribution in [-0.4, -0.2) is 46.7 Å². The van der Waals surface area contributed by atoms with E-state index in [1.165, 1.54) is 0 Å². The van der Waals surface area contributed by atoms with E-state index in [1.54, 1.807) is 7.11 Å². The Labute approximate surface area is 72.0 Å². The Morgan fingerprint density at radius 1 is 1.00 bits per heavy atom. The molecule has 0 aliphatic rings. The first-order valence-electron chi connectivity index (χ1n) is 3.85. The lowest BCUT2D eigenvalue weighted by molar-refractivity contribution is 0.0267. The normalized spacial score (nSPS) is 10.1. The SMILES string of the molecule is COCCOCCOCCN=O. The number of nitroso groups, excluding NO2 is 1. The maximum absolute atomic E-state index is 9.60. The number of nitrogens with zero attached hydrogens (tertiary/aromatic N) is 1. The van der Waals surface area contributed by atoms with Crippen LogP contribution in [0.2, 0.25) is 0 Å². The lowest BCUT2D eigenvalue weighted by Gasteiger charge is -2.03.